The Balaban J connectivity index is 1.64. The Morgan fingerprint density at radius 1 is 1.27 bits per heavy atom. The molecule has 0 spiro atoms. The van der Waals surface area contributed by atoms with Gasteiger partial charge < -0.3 is 14.7 Å². The number of hydrogen-bond acceptors (Lipinski definition) is 6. The number of rotatable bonds is 2. The first-order chi connectivity index (χ1) is 12.5. The molecule has 5 nitrogen and oxygen atoms in total. The SMILES string of the molecule is OC1CN(c2nc(-c3ccc4c(c3)SCCO4)c3c(n2)C(F)(F)CC3)C1. The van der Waals surface area contributed by atoms with Crippen LogP contribution in [-0.2, 0) is 12.3 Å². The van der Waals surface area contributed by atoms with Crippen molar-refractivity contribution in [1.29, 1.82) is 0 Å². The molecule has 0 atom stereocenters. The van der Waals surface area contributed by atoms with Crippen LogP contribution in [0.1, 0.15) is 17.7 Å². The lowest BCUT2D eigenvalue weighted by molar-refractivity contribution is -0.00596. The molecule has 2 aromatic rings. The second-order valence-electron chi connectivity index (χ2n) is 6.82. The van der Waals surface area contributed by atoms with E-state index in [1.54, 1.807) is 16.7 Å². The molecule has 0 bridgehead atoms. The molecule has 1 aliphatic carbocycles. The minimum Gasteiger partial charge on any atom is -0.492 e. The summed E-state index contributed by atoms with van der Waals surface area (Å²) in [5, 5.41) is 9.53. The first kappa shape index (κ1) is 16.3. The molecule has 0 amide bonds. The molecule has 3 heterocycles. The van der Waals surface area contributed by atoms with E-state index in [1.165, 1.54) is 0 Å². The second-order valence-corrected chi connectivity index (χ2v) is 7.96. The average molecular weight is 377 g/mol. The van der Waals surface area contributed by atoms with Gasteiger partial charge in [-0.25, -0.2) is 9.97 Å². The first-order valence-electron chi connectivity index (χ1n) is 8.63. The maximum absolute atomic E-state index is 14.4. The topological polar surface area (TPSA) is 58.5 Å². The van der Waals surface area contributed by atoms with Crippen molar-refractivity contribution in [3.63, 3.8) is 0 Å². The summed E-state index contributed by atoms with van der Waals surface area (Å²) in [4.78, 5) is 11.5. The molecule has 1 aromatic heterocycles. The third kappa shape index (κ3) is 2.54. The molecule has 0 saturated carbocycles. The van der Waals surface area contributed by atoms with E-state index < -0.39 is 12.0 Å². The highest BCUT2D eigenvalue weighted by Crippen LogP contribution is 2.45. The van der Waals surface area contributed by atoms with Gasteiger partial charge in [0.1, 0.15) is 11.4 Å². The predicted molar refractivity (Wildman–Crippen MR) is 94.1 cm³/mol. The van der Waals surface area contributed by atoms with Crippen molar-refractivity contribution in [2.45, 2.75) is 29.8 Å². The molecule has 1 aromatic carbocycles. The fourth-order valence-corrected chi connectivity index (χ4v) is 4.47. The van der Waals surface area contributed by atoms with Crippen molar-refractivity contribution in [1.82, 2.24) is 9.97 Å². The fraction of sp³-hybridized carbons (Fsp3) is 0.444. The number of fused-ring (bicyclic) bond motifs is 2. The van der Waals surface area contributed by atoms with Gasteiger partial charge in [-0.1, -0.05) is 0 Å². The van der Waals surface area contributed by atoms with E-state index in [2.05, 4.69) is 9.97 Å². The summed E-state index contributed by atoms with van der Waals surface area (Å²) < 4.78 is 34.4. The maximum Gasteiger partial charge on any atom is 0.290 e. The van der Waals surface area contributed by atoms with Gasteiger partial charge in [0.2, 0.25) is 5.95 Å². The van der Waals surface area contributed by atoms with E-state index in [4.69, 9.17) is 4.74 Å². The zero-order chi connectivity index (χ0) is 17.9. The molecule has 2 aliphatic heterocycles. The van der Waals surface area contributed by atoms with Crippen LogP contribution in [0.2, 0.25) is 0 Å². The molecule has 8 heteroatoms. The third-order valence-electron chi connectivity index (χ3n) is 4.99. The number of thioether (sulfide) groups is 1. The number of benzene rings is 1. The van der Waals surface area contributed by atoms with Crippen LogP contribution in [0.15, 0.2) is 23.1 Å². The normalized spacial score (nSPS) is 21.0. The molecule has 3 aliphatic rings. The number of nitrogens with zero attached hydrogens (tertiary/aromatic N) is 3. The molecule has 0 radical (unpaired) electrons. The maximum atomic E-state index is 14.4. The largest absolute Gasteiger partial charge is 0.492 e. The van der Waals surface area contributed by atoms with Gasteiger partial charge >= 0.3 is 0 Å². The van der Waals surface area contributed by atoms with E-state index in [0.717, 1.165) is 22.0 Å². The quantitative estimate of drug-likeness (QED) is 0.869. The van der Waals surface area contributed by atoms with Crippen LogP contribution in [0.25, 0.3) is 11.3 Å². The summed E-state index contributed by atoms with van der Waals surface area (Å²) in [5.41, 5.74) is 1.74. The predicted octanol–water partition coefficient (Wildman–Crippen LogP) is 2.85. The van der Waals surface area contributed by atoms with Crippen LogP contribution < -0.4 is 9.64 Å². The number of aliphatic hydroxyl groups is 1. The van der Waals surface area contributed by atoms with Gasteiger partial charge in [0.25, 0.3) is 5.92 Å². The van der Waals surface area contributed by atoms with Gasteiger partial charge in [0, 0.05) is 36.4 Å². The number of aromatic nitrogens is 2. The van der Waals surface area contributed by atoms with Crippen molar-refractivity contribution in [3.05, 3.63) is 29.5 Å². The van der Waals surface area contributed by atoms with Crippen molar-refractivity contribution in [2.24, 2.45) is 0 Å². The van der Waals surface area contributed by atoms with Crippen LogP contribution in [0, 0.1) is 0 Å². The fourth-order valence-electron chi connectivity index (χ4n) is 3.60. The van der Waals surface area contributed by atoms with E-state index >= 15 is 0 Å². The van der Waals surface area contributed by atoms with Crippen LogP contribution in [0.5, 0.6) is 5.75 Å². The number of alkyl halides is 2. The number of halogens is 2. The lowest BCUT2D eigenvalue weighted by atomic mass is 10.0. The monoisotopic (exact) mass is 377 g/mol. The minimum atomic E-state index is -2.93. The lowest BCUT2D eigenvalue weighted by Crippen LogP contribution is -2.51. The lowest BCUT2D eigenvalue weighted by Gasteiger charge is -2.36. The van der Waals surface area contributed by atoms with Crippen LogP contribution >= 0.6 is 11.8 Å². The summed E-state index contributed by atoms with van der Waals surface area (Å²) in [7, 11) is 0. The van der Waals surface area contributed by atoms with Gasteiger partial charge in [0.15, 0.2) is 0 Å². The number of hydrogen-bond donors (Lipinski definition) is 1. The molecular weight excluding hydrogens is 360 g/mol. The highest BCUT2D eigenvalue weighted by molar-refractivity contribution is 7.99. The van der Waals surface area contributed by atoms with Crippen molar-refractivity contribution in [3.8, 4) is 17.0 Å². The van der Waals surface area contributed by atoms with Gasteiger partial charge in [0.05, 0.1) is 23.3 Å². The molecule has 1 saturated heterocycles. The van der Waals surface area contributed by atoms with Crippen LogP contribution in [-0.4, -0.2) is 46.6 Å². The zero-order valence-electron chi connectivity index (χ0n) is 13.9. The molecule has 5 rings (SSSR count). The highest BCUT2D eigenvalue weighted by Gasteiger charge is 2.44. The van der Waals surface area contributed by atoms with Crippen molar-refractivity contribution >= 4 is 17.7 Å². The van der Waals surface area contributed by atoms with E-state index in [9.17, 15) is 13.9 Å². The van der Waals surface area contributed by atoms with E-state index in [-0.39, 0.29) is 24.5 Å². The number of aliphatic hydroxyl groups excluding tert-OH is 1. The van der Waals surface area contributed by atoms with Crippen molar-refractivity contribution < 1.29 is 18.6 Å². The Hall–Kier alpha value is -1.93. The summed E-state index contributed by atoms with van der Waals surface area (Å²) in [5.74, 6) is -0.968. The molecule has 1 N–H and O–H groups in total. The highest BCUT2D eigenvalue weighted by atomic mass is 32.2. The molecule has 136 valence electrons. The third-order valence-corrected chi connectivity index (χ3v) is 5.99. The Labute approximate surface area is 153 Å². The van der Waals surface area contributed by atoms with E-state index in [0.29, 0.717) is 31.0 Å². The van der Waals surface area contributed by atoms with Gasteiger partial charge in [-0.15, -0.1) is 11.8 Å². The summed E-state index contributed by atoms with van der Waals surface area (Å²) in [6, 6.07) is 5.72. The second kappa shape index (κ2) is 5.79. The van der Waals surface area contributed by atoms with Crippen molar-refractivity contribution in [2.75, 3.05) is 30.3 Å². The van der Waals surface area contributed by atoms with Gasteiger partial charge in [-0.3, -0.25) is 0 Å². The summed E-state index contributed by atoms with van der Waals surface area (Å²) >= 11 is 1.70. The van der Waals surface area contributed by atoms with E-state index in [1.807, 2.05) is 18.2 Å². The Kier molecular flexibility index (Phi) is 3.62. The van der Waals surface area contributed by atoms with Crippen LogP contribution in [0.4, 0.5) is 14.7 Å². The molecule has 0 unspecified atom stereocenters. The number of ether oxygens (including phenoxy) is 1. The smallest absolute Gasteiger partial charge is 0.290 e. The summed E-state index contributed by atoms with van der Waals surface area (Å²) in [6.45, 7) is 1.42. The standard InChI is InChI=1S/C18H17F2N3O2S/c19-18(20)4-3-12-15(10-1-2-13-14(7-10)26-6-5-25-13)21-17(22-16(12)18)23-8-11(24)9-23/h1-2,7,11,24H,3-6,8-9H2. The Morgan fingerprint density at radius 2 is 2.12 bits per heavy atom. The Morgan fingerprint density at radius 3 is 2.92 bits per heavy atom. The summed E-state index contributed by atoms with van der Waals surface area (Å²) in [6.07, 6.45) is -0.423. The Bertz CT molecular complexity index is 887. The molecular formula is C18H17F2N3O2S. The molecule has 26 heavy (non-hydrogen) atoms. The molecule has 1 fully saturated rings. The zero-order valence-corrected chi connectivity index (χ0v) is 14.7. The first-order valence-corrected chi connectivity index (χ1v) is 9.62. The number of β-amino-alcohol motifs (C(OH)–C–C–N with tert-alkyl or cyclic N) is 1. The van der Waals surface area contributed by atoms with Gasteiger partial charge in [-0.2, -0.15) is 8.78 Å². The average Bonchev–Trinajstić information content (AvgIpc) is 2.93. The van der Waals surface area contributed by atoms with Gasteiger partial charge in [-0.05, 0) is 24.6 Å². The minimum absolute atomic E-state index is 0.166. The number of anilines is 1. The van der Waals surface area contributed by atoms with Crippen LogP contribution in [0.3, 0.4) is 0 Å².